The lowest BCUT2D eigenvalue weighted by Crippen LogP contribution is -2.12. The highest BCUT2D eigenvalue weighted by Gasteiger charge is 2.14. The second kappa shape index (κ2) is 5.72. The lowest BCUT2D eigenvalue weighted by molar-refractivity contribution is 0.273. The number of alkyl halides is 1. The lowest BCUT2D eigenvalue weighted by atomic mass is 9.87. The average Bonchev–Trinajstić information content (AvgIpc) is 2.25. The van der Waals surface area contributed by atoms with Crippen molar-refractivity contribution < 1.29 is 4.74 Å². The molecular formula is C14H21BrO. The van der Waals surface area contributed by atoms with E-state index in [-0.39, 0.29) is 5.41 Å². The Morgan fingerprint density at radius 3 is 2.56 bits per heavy atom. The number of hydrogen-bond acceptors (Lipinski definition) is 1. The van der Waals surface area contributed by atoms with Crippen molar-refractivity contribution in [3.05, 3.63) is 29.8 Å². The summed E-state index contributed by atoms with van der Waals surface area (Å²) in [5.41, 5.74) is 1.50. The lowest BCUT2D eigenvalue weighted by Gasteiger charge is -2.20. The van der Waals surface area contributed by atoms with Crippen molar-refractivity contribution in [3.8, 4) is 5.75 Å². The van der Waals surface area contributed by atoms with Crippen LogP contribution >= 0.6 is 15.9 Å². The maximum Gasteiger partial charge on any atom is 0.119 e. The third-order valence-electron chi connectivity index (χ3n) is 2.50. The minimum Gasteiger partial charge on any atom is -0.493 e. The molecule has 90 valence electrons. The van der Waals surface area contributed by atoms with Gasteiger partial charge in [0.2, 0.25) is 0 Å². The van der Waals surface area contributed by atoms with Crippen molar-refractivity contribution in [2.75, 3.05) is 11.9 Å². The van der Waals surface area contributed by atoms with Gasteiger partial charge >= 0.3 is 0 Å². The van der Waals surface area contributed by atoms with Gasteiger partial charge in [-0.25, -0.2) is 0 Å². The third kappa shape index (κ3) is 4.17. The third-order valence-corrected chi connectivity index (χ3v) is 3.60. The Labute approximate surface area is 107 Å². The molecule has 1 unspecified atom stereocenters. The molecule has 1 aromatic carbocycles. The van der Waals surface area contributed by atoms with E-state index in [1.165, 1.54) is 5.56 Å². The maximum absolute atomic E-state index is 5.76. The molecule has 1 nitrogen and oxygen atoms in total. The number of halogens is 1. The van der Waals surface area contributed by atoms with E-state index in [0.717, 1.165) is 17.7 Å². The first kappa shape index (κ1) is 13.6. The van der Waals surface area contributed by atoms with E-state index in [1.54, 1.807) is 0 Å². The van der Waals surface area contributed by atoms with Crippen LogP contribution in [0.4, 0.5) is 0 Å². The van der Waals surface area contributed by atoms with Gasteiger partial charge < -0.3 is 4.74 Å². The van der Waals surface area contributed by atoms with Crippen LogP contribution < -0.4 is 4.74 Å². The van der Waals surface area contributed by atoms with Gasteiger partial charge in [0.25, 0.3) is 0 Å². The Hall–Kier alpha value is -0.500. The molecule has 0 aliphatic heterocycles. The van der Waals surface area contributed by atoms with Crippen LogP contribution in [-0.2, 0) is 5.41 Å². The zero-order valence-electron chi connectivity index (χ0n) is 10.6. The van der Waals surface area contributed by atoms with Gasteiger partial charge in [-0.2, -0.15) is 0 Å². The van der Waals surface area contributed by atoms with Crippen LogP contribution in [0.3, 0.4) is 0 Å². The van der Waals surface area contributed by atoms with E-state index < -0.39 is 0 Å². The summed E-state index contributed by atoms with van der Waals surface area (Å²) in [6, 6.07) is 8.38. The van der Waals surface area contributed by atoms with Gasteiger partial charge in [0.05, 0.1) is 6.61 Å². The van der Waals surface area contributed by atoms with E-state index in [2.05, 4.69) is 61.8 Å². The van der Waals surface area contributed by atoms with E-state index in [1.807, 2.05) is 6.07 Å². The SMILES string of the molecule is CC(CBr)COc1cccc(C(C)(C)C)c1. The van der Waals surface area contributed by atoms with Crippen LogP contribution in [0.15, 0.2) is 24.3 Å². The first-order chi connectivity index (χ1) is 7.43. The predicted molar refractivity (Wildman–Crippen MR) is 73.6 cm³/mol. The second-order valence-corrected chi connectivity index (χ2v) is 6.00. The fourth-order valence-electron chi connectivity index (χ4n) is 1.34. The van der Waals surface area contributed by atoms with Crippen molar-refractivity contribution in [2.24, 2.45) is 5.92 Å². The molecule has 0 saturated heterocycles. The van der Waals surface area contributed by atoms with Crippen LogP contribution in [0.1, 0.15) is 33.3 Å². The number of benzene rings is 1. The van der Waals surface area contributed by atoms with Crippen molar-refractivity contribution in [1.29, 1.82) is 0 Å². The molecule has 0 N–H and O–H groups in total. The highest BCUT2D eigenvalue weighted by atomic mass is 79.9. The first-order valence-corrected chi connectivity index (χ1v) is 6.85. The van der Waals surface area contributed by atoms with Crippen LogP contribution in [0.5, 0.6) is 5.75 Å². The fourth-order valence-corrected chi connectivity index (χ4v) is 1.52. The normalized spacial score (nSPS) is 13.6. The Morgan fingerprint density at radius 1 is 1.31 bits per heavy atom. The van der Waals surface area contributed by atoms with E-state index in [0.29, 0.717) is 5.92 Å². The predicted octanol–water partition coefficient (Wildman–Crippen LogP) is 4.39. The molecule has 0 bridgehead atoms. The first-order valence-electron chi connectivity index (χ1n) is 5.73. The Morgan fingerprint density at radius 2 is 2.00 bits per heavy atom. The van der Waals surface area contributed by atoms with Gasteiger partial charge in [0.1, 0.15) is 5.75 Å². The molecule has 1 atom stereocenters. The van der Waals surface area contributed by atoms with E-state index in [4.69, 9.17) is 4.74 Å². The minimum atomic E-state index is 0.181. The number of ether oxygens (including phenoxy) is 1. The van der Waals surface area contributed by atoms with Crippen LogP contribution in [0, 0.1) is 5.92 Å². The van der Waals surface area contributed by atoms with Crippen molar-refractivity contribution in [3.63, 3.8) is 0 Å². The maximum atomic E-state index is 5.76. The summed E-state index contributed by atoms with van der Waals surface area (Å²) in [6.07, 6.45) is 0. The molecule has 0 aromatic heterocycles. The Kier molecular flexibility index (Phi) is 4.85. The van der Waals surface area contributed by atoms with Crippen molar-refractivity contribution in [1.82, 2.24) is 0 Å². The summed E-state index contributed by atoms with van der Waals surface area (Å²) in [5.74, 6) is 1.51. The minimum absolute atomic E-state index is 0.181. The molecule has 0 aliphatic rings. The molecule has 0 spiro atoms. The summed E-state index contributed by atoms with van der Waals surface area (Å²) in [5, 5.41) is 0.978. The molecule has 0 aliphatic carbocycles. The van der Waals surface area contributed by atoms with Gasteiger partial charge in [-0.05, 0) is 29.0 Å². The van der Waals surface area contributed by atoms with Crippen molar-refractivity contribution >= 4 is 15.9 Å². The standard InChI is InChI=1S/C14H21BrO/c1-11(9-15)10-16-13-7-5-6-12(8-13)14(2,3)4/h5-8,11H,9-10H2,1-4H3. The molecule has 1 rings (SSSR count). The molecule has 0 saturated carbocycles. The van der Waals surface area contributed by atoms with E-state index >= 15 is 0 Å². The molecule has 1 aromatic rings. The molecule has 16 heavy (non-hydrogen) atoms. The van der Waals surface area contributed by atoms with Gasteiger partial charge in [0.15, 0.2) is 0 Å². The topological polar surface area (TPSA) is 9.23 Å². The second-order valence-electron chi connectivity index (χ2n) is 5.35. The highest BCUT2D eigenvalue weighted by molar-refractivity contribution is 9.09. The van der Waals surface area contributed by atoms with Gasteiger partial charge in [-0.1, -0.05) is 55.8 Å². The van der Waals surface area contributed by atoms with Gasteiger partial charge in [-0.3, -0.25) is 0 Å². The van der Waals surface area contributed by atoms with Crippen LogP contribution in [0.25, 0.3) is 0 Å². The summed E-state index contributed by atoms with van der Waals surface area (Å²) >= 11 is 3.45. The smallest absolute Gasteiger partial charge is 0.119 e. The largest absolute Gasteiger partial charge is 0.493 e. The fraction of sp³-hybridized carbons (Fsp3) is 0.571. The summed E-state index contributed by atoms with van der Waals surface area (Å²) in [6.45, 7) is 9.58. The van der Waals surface area contributed by atoms with Gasteiger partial charge in [0, 0.05) is 5.33 Å². The molecule has 0 radical (unpaired) electrons. The monoisotopic (exact) mass is 284 g/mol. The summed E-state index contributed by atoms with van der Waals surface area (Å²) < 4.78 is 5.76. The zero-order valence-corrected chi connectivity index (χ0v) is 12.2. The van der Waals surface area contributed by atoms with Crippen LogP contribution in [0.2, 0.25) is 0 Å². The molecular weight excluding hydrogens is 264 g/mol. The highest BCUT2D eigenvalue weighted by Crippen LogP contribution is 2.25. The van der Waals surface area contributed by atoms with Gasteiger partial charge in [-0.15, -0.1) is 0 Å². The number of rotatable bonds is 4. The van der Waals surface area contributed by atoms with Crippen LogP contribution in [-0.4, -0.2) is 11.9 Å². The molecule has 0 fully saturated rings. The quantitative estimate of drug-likeness (QED) is 0.745. The molecule has 2 heteroatoms. The Bertz CT molecular complexity index is 328. The summed E-state index contributed by atoms with van der Waals surface area (Å²) in [7, 11) is 0. The van der Waals surface area contributed by atoms with Crippen molar-refractivity contribution in [2.45, 2.75) is 33.1 Å². The Balaban J connectivity index is 2.68. The molecule has 0 heterocycles. The summed E-state index contributed by atoms with van der Waals surface area (Å²) in [4.78, 5) is 0. The average molecular weight is 285 g/mol. The molecule has 0 amide bonds. The number of hydrogen-bond donors (Lipinski definition) is 0. The van der Waals surface area contributed by atoms with E-state index in [9.17, 15) is 0 Å². The zero-order chi connectivity index (χ0) is 12.2.